The largest absolute Gasteiger partial charge is 0.330 e. The number of likely N-dealkylation sites (N-methyl/N-ethyl adjacent to an activating group) is 1. The Kier molecular flexibility index (Phi) is 7.52. The first kappa shape index (κ1) is 19.9. The van der Waals surface area contributed by atoms with Gasteiger partial charge in [-0.3, -0.25) is 9.59 Å². The summed E-state index contributed by atoms with van der Waals surface area (Å²) >= 11 is 6.36. The van der Waals surface area contributed by atoms with Crippen LogP contribution >= 0.6 is 24.0 Å². The second-order valence-electron chi connectivity index (χ2n) is 5.82. The Morgan fingerprint density at radius 1 is 1.35 bits per heavy atom. The van der Waals surface area contributed by atoms with Crippen LogP contribution < -0.4 is 5.73 Å². The van der Waals surface area contributed by atoms with Gasteiger partial charge in [-0.1, -0.05) is 29.8 Å². The maximum Gasteiger partial charge on any atom is 0.223 e. The Morgan fingerprint density at radius 3 is 2.65 bits per heavy atom. The molecule has 0 radical (unpaired) electrons. The summed E-state index contributed by atoms with van der Waals surface area (Å²) in [7, 11) is 1.71. The number of ketones is 1. The third-order valence-corrected chi connectivity index (χ3v) is 4.84. The quantitative estimate of drug-likeness (QED) is 0.877. The van der Waals surface area contributed by atoms with Crippen LogP contribution in [0.5, 0.6) is 0 Å². The van der Waals surface area contributed by atoms with E-state index in [0.717, 1.165) is 18.4 Å². The molecule has 1 aromatic carbocycles. The van der Waals surface area contributed by atoms with Crippen LogP contribution in [0.4, 0.5) is 0 Å². The number of Topliss-reactive ketones (excluding diaryl/α,β-unsaturated/α-hetero) is 1. The molecule has 0 aliphatic heterocycles. The van der Waals surface area contributed by atoms with Gasteiger partial charge in [-0.15, -0.1) is 12.4 Å². The highest BCUT2D eigenvalue weighted by molar-refractivity contribution is 6.31. The molecule has 1 saturated carbocycles. The van der Waals surface area contributed by atoms with Crippen molar-refractivity contribution in [3.05, 3.63) is 34.9 Å². The average Bonchev–Trinajstić information content (AvgIpc) is 2.53. The first-order valence-corrected chi connectivity index (χ1v) is 8.17. The van der Waals surface area contributed by atoms with Crippen LogP contribution in [0.15, 0.2) is 24.3 Å². The van der Waals surface area contributed by atoms with Crippen LogP contribution in [0.2, 0.25) is 5.02 Å². The molecule has 1 amide bonds. The van der Waals surface area contributed by atoms with Crippen molar-refractivity contribution in [3.63, 3.8) is 0 Å². The van der Waals surface area contributed by atoms with Gasteiger partial charge >= 0.3 is 0 Å². The monoisotopic (exact) mass is 358 g/mol. The van der Waals surface area contributed by atoms with Crippen molar-refractivity contribution in [1.82, 2.24) is 4.90 Å². The number of nitrogens with zero attached hydrogens (tertiary/aromatic N) is 1. The molecular formula is C17H24Cl2N2O2. The maximum absolute atomic E-state index is 12.8. The van der Waals surface area contributed by atoms with Gasteiger partial charge in [-0.2, -0.15) is 0 Å². The van der Waals surface area contributed by atoms with Crippen LogP contribution in [0.25, 0.3) is 0 Å². The lowest BCUT2D eigenvalue weighted by atomic mass is 9.74. The lowest BCUT2D eigenvalue weighted by Crippen LogP contribution is -2.54. The number of hydrogen-bond acceptors (Lipinski definition) is 3. The van der Waals surface area contributed by atoms with Gasteiger partial charge in [0.25, 0.3) is 0 Å². The average molecular weight is 359 g/mol. The Morgan fingerprint density at radius 2 is 2.04 bits per heavy atom. The molecule has 0 saturated heterocycles. The molecule has 6 heteroatoms. The first-order chi connectivity index (χ1) is 10.5. The maximum atomic E-state index is 12.8. The fraction of sp³-hybridized carbons (Fsp3) is 0.529. The molecule has 1 atom stereocenters. The van der Waals surface area contributed by atoms with E-state index in [1.165, 1.54) is 0 Å². The van der Waals surface area contributed by atoms with E-state index in [0.29, 0.717) is 37.3 Å². The molecule has 1 aromatic rings. The molecule has 1 fully saturated rings. The van der Waals surface area contributed by atoms with E-state index in [1.54, 1.807) is 18.0 Å². The van der Waals surface area contributed by atoms with Gasteiger partial charge in [0.15, 0.2) is 5.78 Å². The van der Waals surface area contributed by atoms with Crippen LogP contribution in [-0.2, 0) is 15.1 Å². The number of rotatable bonds is 5. The Hall–Kier alpha value is -1.10. The van der Waals surface area contributed by atoms with Crippen molar-refractivity contribution >= 4 is 35.7 Å². The van der Waals surface area contributed by atoms with E-state index in [-0.39, 0.29) is 24.1 Å². The predicted octanol–water partition coefficient (Wildman–Crippen LogP) is 3.30. The number of carbonyl (C=O) groups excluding carboxylic acids is 2. The van der Waals surface area contributed by atoms with Crippen molar-refractivity contribution in [2.24, 2.45) is 5.73 Å². The topological polar surface area (TPSA) is 63.4 Å². The highest BCUT2D eigenvalue weighted by atomic mass is 35.5. The minimum Gasteiger partial charge on any atom is -0.330 e. The van der Waals surface area contributed by atoms with Crippen LogP contribution in [0.1, 0.15) is 44.1 Å². The molecule has 0 heterocycles. The van der Waals surface area contributed by atoms with Crippen molar-refractivity contribution in [3.8, 4) is 0 Å². The lowest BCUT2D eigenvalue weighted by molar-refractivity contribution is -0.148. The second-order valence-corrected chi connectivity index (χ2v) is 6.22. The molecule has 2 N–H and O–H groups in total. The summed E-state index contributed by atoms with van der Waals surface area (Å²) in [6, 6.07) is 7.34. The predicted molar refractivity (Wildman–Crippen MR) is 94.9 cm³/mol. The molecule has 0 spiro atoms. The number of nitrogens with two attached hydrogens (primary N) is 1. The number of carbonyl (C=O) groups is 2. The van der Waals surface area contributed by atoms with Crippen molar-refractivity contribution in [1.29, 1.82) is 0 Å². The fourth-order valence-electron chi connectivity index (χ4n) is 3.26. The van der Waals surface area contributed by atoms with E-state index >= 15 is 0 Å². The number of hydrogen-bond donors (Lipinski definition) is 1. The number of halogens is 2. The van der Waals surface area contributed by atoms with Crippen molar-refractivity contribution in [2.45, 2.75) is 44.1 Å². The molecule has 128 valence electrons. The molecule has 1 aliphatic carbocycles. The van der Waals surface area contributed by atoms with Gasteiger partial charge in [0.05, 0.1) is 0 Å². The molecule has 1 aliphatic rings. The standard InChI is InChI=1S/C17H23ClN2O2.ClH/c1-20(16(22)10-6-12-19)17(11-5-4-9-15(17)21)13-7-2-3-8-14(13)18;/h2-3,7-8H,4-6,9-12,19H2,1H3;1H. The van der Waals surface area contributed by atoms with E-state index in [4.69, 9.17) is 17.3 Å². The Labute approximate surface area is 148 Å². The summed E-state index contributed by atoms with van der Waals surface area (Å²) in [4.78, 5) is 26.9. The first-order valence-electron chi connectivity index (χ1n) is 7.79. The minimum absolute atomic E-state index is 0. The molecule has 4 nitrogen and oxygen atoms in total. The summed E-state index contributed by atoms with van der Waals surface area (Å²) in [5, 5.41) is 0.538. The zero-order chi connectivity index (χ0) is 16.2. The van der Waals surface area contributed by atoms with E-state index in [1.807, 2.05) is 18.2 Å². The SMILES string of the molecule is CN(C(=O)CCCN)C1(c2ccccc2Cl)CCCCC1=O.Cl. The summed E-state index contributed by atoms with van der Waals surface area (Å²) in [5.74, 6) is 0.0241. The Balaban J connectivity index is 0.00000264. The Bertz CT molecular complexity index is 565. The van der Waals surface area contributed by atoms with Crippen molar-refractivity contribution in [2.75, 3.05) is 13.6 Å². The molecule has 0 aromatic heterocycles. The minimum atomic E-state index is -0.928. The lowest BCUT2D eigenvalue weighted by Gasteiger charge is -2.44. The molecule has 1 unspecified atom stereocenters. The smallest absolute Gasteiger partial charge is 0.223 e. The van der Waals surface area contributed by atoms with Crippen LogP contribution in [0.3, 0.4) is 0 Å². The number of amides is 1. The zero-order valence-corrected chi connectivity index (χ0v) is 15.0. The third-order valence-electron chi connectivity index (χ3n) is 4.51. The number of benzene rings is 1. The van der Waals surface area contributed by atoms with Gasteiger partial charge < -0.3 is 10.6 Å². The van der Waals surface area contributed by atoms with E-state index in [2.05, 4.69) is 0 Å². The molecule has 2 rings (SSSR count). The molecule has 23 heavy (non-hydrogen) atoms. The van der Waals surface area contributed by atoms with Crippen LogP contribution in [0, 0.1) is 0 Å². The summed E-state index contributed by atoms with van der Waals surface area (Å²) in [6.07, 6.45) is 3.87. The van der Waals surface area contributed by atoms with Gasteiger partial charge in [0.2, 0.25) is 5.91 Å². The van der Waals surface area contributed by atoms with Gasteiger partial charge in [0.1, 0.15) is 5.54 Å². The normalized spacial score (nSPS) is 20.7. The molecular weight excluding hydrogens is 335 g/mol. The highest BCUT2D eigenvalue weighted by Crippen LogP contribution is 2.42. The zero-order valence-electron chi connectivity index (χ0n) is 13.4. The summed E-state index contributed by atoms with van der Waals surface area (Å²) in [5.41, 5.74) is 5.30. The van der Waals surface area contributed by atoms with E-state index in [9.17, 15) is 9.59 Å². The van der Waals surface area contributed by atoms with Gasteiger partial charge in [-0.05, 0) is 38.3 Å². The van der Waals surface area contributed by atoms with Crippen molar-refractivity contribution < 1.29 is 9.59 Å². The third kappa shape index (κ3) is 3.87. The second kappa shape index (κ2) is 8.67. The van der Waals surface area contributed by atoms with E-state index < -0.39 is 5.54 Å². The fourth-order valence-corrected chi connectivity index (χ4v) is 3.56. The highest BCUT2D eigenvalue weighted by Gasteiger charge is 2.47. The summed E-state index contributed by atoms with van der Waals surface area (Å²) in [6.45, 7) is 0.465. The van der Waals surface area contributed by atoms with Gasteiger partial charge in [0, 0.05) is 30.5 Å². The molecule has 0 bridgehead atoms. The van der Waals surface area contributed by atoms with Gasteiger partial charge in [-0.25, -0.2) is 0 Å². The summed E-state index contributed by atoms with van der Waals surface area (Å²) < 4.78 is 0. The van der Waals surface area contributed by atoms with Crippen LogP contribution in [-0.4, -0.2) is 30.2 Å².